The topological polar surface area (TPSA) is 44.8 Å². The van der Waals surface area contributed by atoms with E-state index in [1.54, 1.807) is 0 Å². The molecule has 1 saturated carbocycles. The lowest BCUT2D eigenvalue weighted by atomic mass is 9.87. The number of hydrogen-bond donors (Lipinski definition) is 0. The van der Waals surface area contributed by atoms with Gasteiger partial charge in [-0.25, -0.2) is 0 Å². The van der Waals surface area contributed by atoms with Crippen LogP contribution in [0.25, 0.3) is 0 Å². The molecule has 2 aliphatic rings. The van der Waals surface area contributed by atoms with E-state index in [0.717, 1.165) is 25.7 Å². The number of esters is 1. The second-order valence-electron chi connectivity index (χ2n) is 13.8. The molecule has 2 rings (SSSR count). The molecule has 0 unspecified atom stereocenters. The molecule has 4 nitrogen and oxygen atoms in total. The summed E-state index contributed by atoms with van der Waals surface area (Å²) in [6, 6.07) is 0. The van der Waals surface area contributed by atoms with Gasteiger partial charge in [0, 0.05) is 18.4 Å². The summed E-state index contributed by atoms with van der Waals surface area (Å²) in [5.74, 6) is 0.696. The van der Waals surface area contributed by atoms with E-state index in [0.29, 0.717) is 24.4 Å². The van der Waals surface area contributed by atoms with Crippen LogP contribution >= 0.6 is 0 Å². The summed E-state index contributed by atoms with van der Waals surface area (Å²) in [6.07, 6.45) is 9.03. The zero-order chi connectivity index (χ0) is 25.2. The van der Waals surface area contributed by atoms with Crippen molar-refractivity contribution in [2.45, 2.75) is 154 Å². The Labute approximate surface area is 207 Å². The van der Waals surface area contributed by atoms with Crippen molar-refractivity contribution in [1.82, 2.24) is 0 Å². The first-order chi connectivity index (χ1) is 15.0. The third-order valence-corrected chi connectivity index (χ3v) is 18.2. The molecule has 6 heteroatoms. The minimum atomic E-state index is -1.89. The molecule has 1 aliphatic carbocycles. The van der Waals surface area contributed by atoms with E-state index >= 15 is 0 Å². The maximum absolute atomic E-state index is 12.1. The average molecular weight is 499 g/mol. The van der Waals surface area contributed by atoms with Gasteiger partial charge in [0.05, 0.1) is 12.5 Å². The van der Waals surface area contributed by atoms with Gasteiger partial charge in [-0.05, 0) is 61.4 Å². The van der Waals surface area contributed by atoms with Crippen molar-refractivity contribution in [2.24, 2.45) is 11.8 Å². The maximum Gasteiger partial charge on any atom is 0.306 e. The molecule has 0 N–H and O–H groups in total. The predicted octanol–water partition coefficient (Wildman–Crippen LogP) is 8.08. The highest BCUT2D eigenvalue weighted by Gasteiger charge is 2.53. The van der Waals surface area contributed by atoms with Crippen LogP contribution < -0.4 is 0 Å². The molecular formula is C27H54O4Si2. The van der Waals surface area contributed by atoms with E-state index in [4.69, 9.17) is 13.6 Å². The van der Waals surface area contributed by atoms with Crippen LogP contribution in [0.2, 0.25) is 36.3 Å². The summed E-state index contributed by atoms with van der Waals surface area (Å²) in [5, 5.41) is 0.397. The van der Waals surface area contributed by atoms with E-state index in [2.05, 4.69) is 74.7 Å². The highest BCUT2D eigenvalue weighted by Crippen LogP contribution is 2.48. The van der Waals surface area contributed by atoms with Crippen molar-refractivity contribution in [2.75, 3.05) is 0 Å². The van der Waals surface area contributed by atoms with Gasteiger partial charge in [0.1, 0.15) is 6.10 Å². The quantitative estimate of drug-likeness (QED) is 0.164. The third kappa shape index (κ3) is 7.41. The smallest absolute Gasteiger partial charge is 0.306 e. The number of carbonyl (C=O) groups is 1. The Morgan fingerprint density at radius 3 is 2.12 bits per heavy atom. The van der Waals surface area contributed by atoms with Crippen molar-refractivity contribution in [3.63, 3.8) is 0 Å². The third-order valence-electron chi connectivity index (χ3n) is 9.13. The minimum absolute atomic E-state index is 0.0159. The zero-order valence-electron chi connectivity index (χ0n) is 23.7. The molecule has 0 aromatic carbocycles. The SMILES string of the molecule is CCCCC[C@@H](CC[C@H]1[C@@H]2CC(=O)O[C@@H]2C[C@@H]1O[Si](C)(C)C(C)(C)C)O[Si](C)(C)C(C)(C)C. The van der Waals surface area contributed by atoms with Gasteiger partial charge in [0.25, 0.3) is 0 Å². The van der Waals surface area contributed by atoms with Gasteiger partial charge in [-0.15, -0.1) is 0 Å². The van der Waals surface area contributed by atoms with Crippen molar-refractivity contribution < 1.29 is 18.4 Å². The van der Waals surface area contributed by atoms with Crippen LogP contribution in [-0.4, -0.2) is 40.9 Å². The average Bonchev–Trinajstić information content (AvgIpc) is 3.12. The number of fused-ring (bicyclic) bond motifs is 1. The molecule has 1 saturated heterocycles. The predicted molar refractivity (Wildman–Crippen MR) is 144 cm³/mol. The Hall–Kier alpha value is -0.176. The lowest BCUT2D eigenvalue weighted by Gasteiger charge is -2.41. The number of rotatable bonds is 11. The van der Waals surface area contributed by atoms with Crippen LogP contribution in [-0.2, 0) is 18.4 Å². The number of hydrogen-bond acceptors (Lipinski definition) is 4. The molecule has 33 heavy (non-hydrogen) atoms. The molecular weight excluding hydrogens is 444 g/mol. The number of carbonyl (C=O) groups excluding carboxylic acids is 1. The normalized spacial score (nSPS) is 27.5. The molecule has 1 aliphatic heterocycles. The zero-order valence-corrected chi connectivity index (χ0v) is 25.7. The lowest BCUT2D eigenvalue weighted by molar-refractivity contribution is -0.141. The first kappa shape index (κ1) is 29.1. The van der Waals surface area contributed by atoms with Gasteiger partial charge in [-0.3, -0.25) is 4.79 Å². The summed E-state index contributed by atoms with van der Waals surface area (Å²) < 4.78 is 19.6. The van der Waals surface area contributed by atoms with E-state index in [9.17, 15) is 4.79 Å². The first-order valence-electron chi connectivity index (χ1n) is 13.5. The fourth-order valence-corrected chi connectivity index (χ4v) is 7.71. The lowest BCUT2D eigenvalue weighted by Crippen LogP contribution is -2.46. The van der Waals surface area contributed by atoms with E-state index in [-0.39, 0.29) is 28.3 Å². The van der Waals surface area contributed by atoms with E-state index in [1.807, 2.05) is 0 Å². The van der Waals surface area contributed by atoms with Crippen LogP contribution in [0.5, 0.6) is 0 Å². The van der Waals surface area contributed by atoms with Gasteiger partial charge in [0.15, 0.2) is 16.6 Å². The fourth-order valence-electron chi connectivity index (χ4n) is 4.90. The maximum atomic E-state index is 12.1. The van der Waals surface area contributed by atoms with Crippen LogP contribution in [0.15, 0.2) is 0 Å². The molecule has 1 heterocycles. The molecule has 5 atom stereocenters. The number of unbranched alkanes of at least 4 members (excludes halogenated alkanes) is 2. The van der Waals surface area contributed by atoms with Gasteiger partial charge >= 0.3 is 5.97 Å². The Balaban J connectivity index is 2.15. The summed E-state index contributed by atoms with van der Waals surface area (Å²) >= 11 is 0. The molecule has 0 bridgehead atoms. The van der Waals surface area contributed by atoms with Crippen molar-refractivity contribution in [3.05, 3.63) is 0 Å². The molecule has 0 radical (unpaired) electrons. The van der Waals surface area contributed by atoms with Crippen molar-refractivity contribution in [1.29, 1.82) is 0 Å². The van der Waals surface area contributed by atoms with Gasteiger partial charge in [-0.2, -0.15) is 0 Å². The van der Waals surface area contributed by atoms with Gasteiger partial charge < -0.3 is 13.6 Å². The monoisotopic (exact) mass is 498 g/mol. The second kappa shape index (κ2) is 10.8. The van der Waals surface area contributed by atoms with Crippen LogP contribution in [0.1, 0.15) is 99.8 Å². The van der Waals surface area contributed by atoms with Crippen molar-refractivity contribution >= 4 is 22.6 Å². The molecule has 194 valence electrons. The van der Waals surface area contributed by atoms with Crippen molar-refractivity contribution in [3.8, 4) is 0 Å². The van der Waals surface area contributed by atoms with E-state index < -0.39 is 16.6 Å². The Morgan fingerprint density at radius 1 is 0.970 bits per heavy atom. The fraction of sp³-hybridized carbons (Fsp3) is 0.963. The minimum Gasteiger partial charge on any atom is -0.462 e. The summed E-state index contributed by atoms with van der Waals surface area (Å²) in [7, 11) is -3.71. The Kier molecular flexibility index (Phi) is 9.54. The Morgan fingerprint density at radius 2 is 1.58 bits per heavy atom. The highest BCUT2D eigenvalue weighted by atomic mass is 28.4. The molecule has 0 amide bonds. The summed E-state index contributed by atoms with van der Waals surface area (Å²) in [6.45, 7) is 25.6. The standard InChI is InChI=1S/C27H54O4Si2/c1-12-13-14-15-20(30-32(8,9)26(2,3)4)16-17-21-22-18-25(28)29-23(22)19-24(21)31-33(10,11)27(5,6)7/h20-24H,12-19H2,1-11H3/t20-,21-,22-,23+,24-/m0/s1. The second-order valence-corrected chi connectivity index (χ2v) is 23.3. The largest absolute Gasteiger partial charge is 0.462 e. The summed E-state index contributed by atoms with van der Waals surface area (Å²) in [5.41, 5.74) is 0. The first-order valence-corrected chi connectivity index (χ1v) is 19.4. The van der Waals surface area contributed by atoms with E-state index in [1.165, 1.54) is 19.3 Å². The highest BCUT2D eigenvalue weighted by molar-refractivity contribution is 6.74. The summed E-state index contributed by atoms with van der Waals surface area (Å²) in [4.78, 5) is 12.1. The molecule has 0 spiro atoms. The Bertz CT molecular complexity index is 647. The molecule has 2 fully saturated rings. The van der Waals surface area contributed by atoms with Gasteiger partial charge in [0.2, 0.25) is 0 Å². The molecule has 0 aromatic heterocycles. The molecule has 0 aromatic rings. The van der Waals surface area contributed by atoms with Gasteiger partial charge in [-0.1, -0.05) is 67.7 Å². The number of ether oxygens (including phenoxy) is 1. The van der Waals surface area contributed by atoms with Crippen LogP contribution in [0.4, 0.5) is 0 Å². The van der Waals surface area contributed by atoms with Crippen LogP contribution in [0.3, 0.4) is 0 Å². The van der Waals surface area contributed by atoms with Crippen LogP contribution in [0, 0.1) is 11.8 Å².